The molecule has 2 rings (SSSR count). The van der Waals surface area contributed by atoms with E-state index in [9.17, 15) is 4.79 Å². The lowest BCUT2D eigenvalue weighted by Gasteiger charge is -2.19. The van der Waals surface area contributed by atoms with E-state index in [-0.39, 0.29) is 18.2 Å². The van der Waals surface area contributed by atoms with E-state index in [4.69, 9.17) is 9.47 Å². The van der Waals surface area contributed by atoms with Crippen molar-refractivity contribution in [1.82, 2.24) is 5.32 Å². The molecule has 0 aromatic heterocycles. The third kappa shape index (κ3) is 3.47. The van der Waals surface area contributed by atoms with Gasteiger partial charge in [0.05, 0.1) is 12.1 Å². The van der Waals surface area contributed by atoms with Crippen LogP contribution in [0.2, 0.25) is 0 Å². The molecule has 0 aliphatic heterocycles. The van der Waals surface area contributed by atoms with Gasteiger partial charge in [0.15, 0.2) is 0 Å². The van der Waals surface area contributed by atoms with Crippen LogP contribution in [-0.2, 0) is 16.1 Å². The number of amides is 1. The number of carbonyl (C=O) groups excluding carboxylic acids is 1. The van der Waals surface area contributed by atoms with E-state index in [2.05, 4.69) is 5.32 Å². The number of hydrogen-bond acceptors (Lipinski definition) is 3. The molecular weight excluding hydrogens is 230 g/mol. The summed E-state index contributed by atoms with van der Waals surface area (Å²) in [5.74, 6) is 0. The van der Waals surface area contributed by atoms with Crippen LogP contribution in [0.5, 0.6) is 0 Å². The second-order valence-corrected chi connectivity index (χ2v) is 4.52. The van der Waals surface area contributed by atoms with Crippen molar-refractivity contribution >= 4 is 6.09 Å². The molecule has 1 aromatic rings. The van der Waals surface area contributed by atoms with Crippen molar-refractivity contribution in [2.24, 2.45) is 0 Å². The zero-order chi connectivity index (χ0) is 12.8. The molecule has 1 aliphatic rings. The van der Waals surface area contributed by atoms with Crippen LogP contribution in [0, 0.1) is 0 Å². The highest BCUT2D eigenvalue weighted by Gasteiger charge is 2.28. The predicted octanol–water partition coefficient (Wildman–Crippen LogP) is 2.48. The molecule has 1 aromatic carbocycles. The number of carbonyl (C=O) groups is 1. The van der Waals surface area contributed by atoms with Crippen LogP contribution in [0.1, 0.15) is 24.8 Å². The number of alkyl carbamates (subject to hydrolysis) is 1. The van der Waals surface area contributed by atoms with Crippen LogP contribution in [0.15, 0.2) is 30.3 Å². The van der Waals surface area contributed by atoms with Gasteiger partial charge in [-0.3, -0.25) is 0 Å². The van der Waals surface area contributed by atoms with Crippen molar-refractivity contribution in [2.75, 3.05) is 7.11 Å². The molecule has 4 nitrogen and oxygen atoms in total. The molecule has 2 atom stereocenters. The highest BCUT2D eigenvalue weighted by molar-refractivity contribution is 5.67. The SMILES string of the molecule is CO[C@H]1CCC[C@@H]1NC(=O)OCc1ccccc1. The second-order valence-electron chi connectivity index (χ2n) is 4.52. The molecule has 1 amide bonds. The molecule has 0 heterocycles. The molecular formula is C14H19NO3. The van der Waals surface area contributed by atoms with Crippen molar-refractivity contribution in [3.63, 3.8) is 0 Å². The highest BCUT2D eigenvalue weighted by Crippen LogP contribution is 2.21. The van der Waals surface area contributed by atoms with Crippen molar-refractivity contribution in [1.29, 1.82) is 0 Å². The summed E-state index contributed by atoms with van der Waals surface area (Å²) >= 11 is 0. The smallest absolute Gasteiger partial charge is 0.407 e. The Balaban J connectivity index is 1.75. The van der Waals surface area contributed by atoms with Gasteiger partial charge in [-0.15, -0.1) is 0 Å². The summed E-state index contributed by atoms with van der Waals surface area (Å²) < 4.78 is 10.5. The first-order valence-electron chi connectivity index (χ1n) is 6.29. The Kier molecular flexibility index (Phi) is 4.59. The minimum Gasteiger partial charge on any atom is -0.445 e. The third-order valence-electron chi connectivity index (χ3n) is 3.27. The summed E-state index contributed by atoms with van der Waals surface area (Å²) in [5, 5.41) is 2.86. The lowest BCUT2D eigenvalue weighted by Crippen LogP contribution is -2.40. The zero-order valence-corrected chi connectivity index (χ0v) is 10.6. The first-order chi connectivity index (χ1) is 8.79. The summed E-state index contributed by atoms with van der Waals surface area (Å²) in [5.41, 5.74) is 0.988. The molecule has 0 saturated heterocycles. The number of rotatable bonds is 4. The Hall–Kier alpha value is -1.55. The van der Waals surface area contributed by atoms with Gasteiger partial charge in [-0.1, -0.05) is 30.3 Å². The molecule has 0 unspecified atom stereocenters. The maximum absolute atomic E-state index is 11.6. The largest absolute Gasteiger partial charge is 0.445 e. The Morgan fingerprint density at radius 2 is 2.11 bits per heavy atom. The van der Waals surface area contributed by atoms with Crippen LogP contribution >= 0.6 is 0 Å². The number of benzene rings is 1. The van der Waals surface area contributed by atoms with Gasteiger partial charge in [-0.05, 0) is 24.8 Å². The van der Waals surface area contributed by atoms with Gasteiger partial charge in [-0.2, -0.15) is 0 Å². The van der Waals surface area contributed by atoms with E-state index < -0.39 is 0 Å². The first-order valence-corrected chi connectivity index (χ1v) is 6.29. The lowest BCUT2D eigenvalue weighted by atomic mass is 10.2. The molecule has 1 saturated carbocycles. The van der Waals surface area contributed by atoms with Crippen molar-refractivity contribution in [3.8, 4) is 0 Å². The van der Waals surface area contributed by atoms with E-state index in [0.29, 0.717) is 6.61 Å². The number of hydrogen-bond donors (Lipinski definition) is 1. The average Bonchev–Trinajstić information content (AvgIpc) is 2.85. The molecule has 0 radical (unpaired) electrons. The van der Waals surface area contributed by atoms with Gasteiger partial charge >= 0.3 is 6.09 Å². The van der Waals surface area contributed by atoms with E-state index in [1.165, 1.54) is 0 Å². The minimum atomic E-state index is -0.368. The van der Waals surface area contributed by atoms with E-state index in [1.807, 2.05) is 30.3 Å². The average molecular weight is 249 g/mol. The quantitative estimate of drug-likeness (QED) is 0.891. The molecule has 0 bridgehead atoms. The standard InChI is InChI=1S/C14H19NO3/c1-17-13-9-5-8-12(13)15-14(16)18-10-11-6-3-2-4-7-11/h2-4,6-7,12-13H,5,8-10H2,1H3,(H,15,16)/t12-,13-/m0/s1. The molecule has 1 fully saturated rings. The van der Waals surface area contributed by atoms with Gasteiger partial charge < -0.3 is 14.8 Å². The van der Waals surface area contributed by atoms with Crippen molar-refractivity contribution < 1.29 is 14.3 Å². The van der Waals surface area contributed by atoms with Crippen LogP contribution in [0.4, 0.5) is 4.79 Å². The van der Waals surface area contributed by atoms with E-state index in [1.54, 1.807) is 7.11 Å². The second kappa shape index (κ2) is 6.40. The fourth-order valence-electron chi connectivity index (χ4n) is 2.29. The maximum atomic E-state index is 11.6. The summed E-state index contributed by atoms with van der Waals surface area (Å²) in [6.45, 7) is 0.303. The Morgan fingerprint density at radius 1 is 1.33 bits per heavy atom. The van der Waals surface area contributed by atoms with Crippen LogP contribution < -0.4 is 5.32 Å². The summed E-state index contributed by atoms with van der Waals surface area (Å²) in [4.78, 5) is 11.6. The van der Waals surface area contributed by atoms with Crippen molar-refractivity contribution in [3.05, 3.63) is 35.9 Å². The van der Waals surface area contributed by atoms with Gasteiger partial charge in [0.1, 0.15) is 6.61 Å². The Morgan fingerprint density at radius 3 is 2.83 bits per heavy atom. The summed E-state index contributed by atoms with van der Waals surface area (Å²) in [7, 11) is 1.68. The molecule has 98 valence electrons. The van der Waals surface area contributed by atoms with E-state index >= 15 is 0 Å². The maximum Gasteiger partial charge on any atom is 0.407 e. The van der Waals surface area contributed by atoms with Crippen LogP contribution in [-0.4, -0.2) is 25.3 Å². The highest BCUT2D eigenvalue weighted by atomic mass is 16.5. The zero-order valence-electron chi connectivity index (χ0n) is 10.6. The van der Waals surface area contributed by atoms with Gasteiger partial charge in [-0.25, -0.2) is 4.79 Å². The fourth-order valence-corrected chi connectivity index (χ4v) is 2.29. The molecule has 4 heteroatoms. The number of methoxy groups -OCH3 is 1. The first kappa shape index (κ1) is 12.9. The Bertz CT molecular complexity index is 380. The van der Waals surface area contributed by atoms with Gasteiger partial charge in [0, 0.05) is 7.11 Å². The van der Waals surface area contributed by atoms with Gasteiger partial charge in [0.2, 0.25) is 0 Å². The monoisotopic (exact) mass is 249 g/mol. The number of ether oxygens (including phenoxy) is 2. The van der Waals surface area contributed by atoms with Crippen LogP contribution in [0.25, 0.3) is 0 Å². The van der Waals surface area contributed by atoms with Gasteiger partial charge in [0.25, 0.3) is 0 Å². The molecule has 0 spiro atoms. The van der Waals surface area contributed by atoms with Crippen molar-refractivity contribution in [2.45, 2.75) is 38.0 Å². The van der Waals surface area contributed by atoms with Crippen LogP contribution in [0.3, 0.4) is 0 Å². The number of nitrogens with one attached hydrogen (secondary N) is 1. The molecule has 1 N–H and O–H groups in total. The molecule has 18 heavy (non-hydrogen) atoms. The lowest BCUT2D eigenvalue weighted by molar-refractivity contribution is 0.0770. The fraction of sp³-hybridized carbons (Fsp3) is 0.500. The minimum absolute atomic E-state index is 0.0817. The molecule has 1 aliphatic carbocycles. The summed E-state index contributed by atoms with van der Waals surface area (Å²) in [6.07, 6.45) is 2.79. The third-order valence-corrected chi connectivity index (χ3v) is 3.27. The Labute approximate surface area is 107 Å². The summed E-state index contributed by atoms with van der Waals surface area (Å²) in [6, 6.07) is 9.73. The normalized spacial score (nSPS) is 22.7. The topological polar surface area (TPSA) is 47.6 Å². The predicted molar refractivity (Wildman–Crippen MR) is 68.2 cm³/mol. The van der Waals surface area contributed by atoms with E-state index in [0.717, 1.165) is 24.8 Å².